The maximum absolute atomic E-state index is 2.58. The van der Waals surface area contributed by atoms with E-state index in [1.807, 2.05) is 0 Å². The minimum atomic E-state index is 1.15. The van der Waals surface area contributed by atoms with Crippen LogP contribution in [-0.2, 0) is 0 Å². The third-order valence-electron chi connectivity index (χ3n) is 4.77. The predicted octanol–water partition coefficient (Wildman–Crippen LogP) is 4.47. The lowest BCUT2D eigenvalue weighted by atomic mass is 10.0. The summed E-state index contributed by atoms with van der Waals surface area (Å²) >= 11 is 0. The van der Waals surface area contributed by atoms with E-state index < -0.39 is 0 Å². The van der Waals surface area contributed by atoms with Gasteiger partial charge in [-0.1, -0.05) is 30.3 Å². The molecule has 112 valence electrons. The molecule has 2 nitrogen and oxygen atoms in total. The maximum atomic E-state index is 2.58. The van der Waals surface area contributed by atoms with Gasteiger partial charge in [-0.05, 0) is 56.7 Å². The van der Waals surface area contributed by atoms with Crippen LogP contribution >= 0.6 is 0 Å². The fourth-order valence-corrected chi connectivity index (χ4v) is 3.40. The number of hydrogen-bond acceptors (Lipinski definition) is 2. The molecule has 1 saturated heterocycles. The number of benzene rings is 1. The summed E-state index contributed by atoms with van der Waals surface area (Å²) in [4.78, 5) is 5.12. The lowest BCUT2D eigenvalue weighted by Crippen LogP contribution is -2.41. The zero-order valence-corrected chi connectivity index (χ0v) is 13.3. The molecule has 1 fully saturated rings. The second-order valence-corrected chi connectivity index (χ2v) is 6.13. The van der Waals surface area contributed by atoms with Crippen molar-refractivity contribution in [2.75, 3.05) is 19.6 Å². The van der Waals surface area contributed by atoms with E-state index in [2.05, 4.69) is 60.1 Å². The fourth-order valence-electron chi connectivity index (χ4n) is 3.40. The summed E-state index contributed by atoms with van der Waals surface area (Å²) in [5, 5.41) is 0. The lowest BCUT2D eigenvalue weighted by Gasteiger charge is -2.41. The Hall–Kier alpha value is -1.70. The first-order chi connectivity index (χ1) is 10.3. The molecule has 0 bridgehead atoms. The van der Waals surface area contributed by atoms with Crippen LogP contribution < -0.4 is 0 Å². The fraction of sp³-hybridized carbons (Fsp3) is 0.474. The first-order valence-electron chi connectivity index (χ1n) is 8.23. The van der Waals surface area contributed by atoms with Crippen LogP contribution in [0.2, 0.25) is 0 Å². The van der Waals surface area contributed by atoms with Crippen molar-refractivity contribution in [2.45, 2.75) is 39.5 Å². The summed E-state index contributed by atoms with van der Waals surface area (Å²) in [6, 6.07) is 10.8. The van der Waals surface area contributed by atoms with Gasteiger partial charge in [-0.3, -0.25) is 0 Å². The number of nitrogens with zero attached hydrogens (tertiary/aromatic N) is 2. The Kier molecular flexibility index (Phi) is 4.33. The first-order valence-corrected chi connectivity index (χ1v) is 8.23. The van der Waals surface area contributed by atoms with E-state index in [0.29, 0.717) is 0 Å². The van der Waals surface area contributed by atoms with Gasteiger partial charge in [-0.15, -0.1) is 0 Å². The summed E-state index contributed by atoms with van der Waals surface area (Å²) in [7, 11) is 0. The van der Waals surface area contributed by atoms with Crippen molar-refractivity contribution in [2.24, 2.45) is 0 Å². The molecule has 0 radical (unpaired) electrons. The molecule has 0 aromatic heterocycles. The molecule has 0 unspecified atom stereocenters. The molecule has 2 aliphatic heterocycles. The third-order valence-corrected chi connectivity index (χ3v) is 4.77. The van der Waals surface area contributed by atoms with Crippen LogP contribution in [0.25, 0.3) is 5.57 Å². The molecule has 0 aliphatic carbocycles. The van der Waals surface area contributed by atoms with Crippen LogP contribution in [0.3, 0.4) is 0 Å². The van der Waals surface area contributed by atoms with Gasteiger partial charge in [0.25, 0.3) is 0 Å². The number of allylic oxidation sites excluding steroid dienone is 3. The van der Waals surface area contributed by atoms with E-state index in [-0.39, 0.29) is 0 Å². The normalized spacial score (nSPS) is 20.4. The van der Waals surface area contributed by atoms with E-state index in [0.717, 1.165) is 6.54 Å². The van der Waals surface area contributed by atoms with Gasteiger partial charge in [0.05, 0.1) is 0 Å². The van der Waals surface area contributed by atoms with E-state index in [1.54, 1.807) is 0 Å². The highest BCUT2D eigenvalue weighted by atomic mass is 15.4. The largest absolute Gasteiger partial charge is 0.358 e. The number of fused-ring (bicyclic) bond motifs is 1. The van der Waals surface area contributed by atoms with E-state index in [4.69, 9.17) is 0 Å². The molecule has 0 spiro atoms. The van der Waals surface area contributed by atoms with Crippen LogP contribution in [-0.4, -0.2) is 29.4 Å². The average molecular weight is 282 g/mol. The zero-order valence-electron chi connectivity index (χ0n) is 13.3. The van der Waals surface area contributed by atoms with Crippen LogP contribution in [0.15, 0.2) is 47.9 Å². The highest BCUT2D eigenvalue weighted by molar-refractivity contribution is 5.66. The highest BCUT2D eigenvalue weighted by Crippen LogP contribution is 2.29. The van der Waals surface area contributed by atoms with Gasteiger partial charge in [0.2, 0.25) is 0 Å². The molecule has 0 amide bonds. The SMILES string of the molecule is C/C(=C(/C)N1CCCN2CCCCC=C21)c1ccccc1. The molecule has 21 heavy (non-hydrogen) atoms. The van der Waals surface area contributed by atoms with E-state index in [9.17, 15) is 0 Å². The van der Waals surface area contributed by atoms with Gasteiger partial charge < -0.3 is 9.80 Å². The van der Waals surface area contributed by atoms with Crippen molar-refractivity contribution >= 4 is 5.57 Å². The quantitative estimate of drug-likeness (QED) is 0.789. The van der Waals surface area contributed by atoms with Gasteiger partial charge in [-0.25, -0.2) is 0 Å². The first kappa shape index (κ1) is 14.2. The molecule has 2 heterocycles. The topological polar surface area (TPSA) is 6.48 Å². The number of hydrogen-bond donors (Lipinski definition) is 0. The molecule has 0 atom stereocenters. The molecular weight excluding hydrogens is 256 g/mol. The zero-order chi connectivity index (χ0) is 14.7. The molecule has 1 aromatic rings. The van der Waals surface area contributed by atoms with Crippen molar-refractivity contribution in [3.63, 3.8) is 0 Å². The second kappa shape index (κ2) is 6.38. The summed E-state index contributed by atoms with van der Waals surface area (Å²) in [6.07, 6.45) is 7.59. The van der Waals surface area contributed by atoms with Crippen molar-refractivity contribution in [1.82, 2.24) is 9.80 Å². The molecule has 3 rings (SSSR count). The van der Waals surface area contributed by atoms with Gasteiger partial charge in [0.15, 0.2) is 0 Å². The predicted molar refractivity (Wildman–Crippen MR) is 89.5 cm³/mol. The molecular formula is C19H26N2. The molecule has 2 aliphatic rings. The lowest BCUT2D eigenvalue weighted by molar-refractivity contribution is 0.189. The van der Waals surface area contributed by atoms with Gasteiger partial charge in [0, 0.05) is 25.3 Å². The molecule has 0 saturated carbocycles. The van der Waals surface area contributed by atoms with Crippen LogP contribution in [0.5, 0.6) is 0 Å². The maximum Gasteiger partial charge on any atom is 0.104 e. The minimum absolute atomic E-state index is 1.15. The second-order valence-electron chi connectivity index (χ2n) is 6.13. The van der Waals surface area contributed by atoms with Crippen molar-refractivity contribution in [1.29, 1.82) is 0 Å². The Balaban J connectivity index is 1.92. The Morgan fingerprint density at radius 2 is 1.67 bits per heavy atom. The minimum Gasteiger partial charge on any atom is -0.358 e. The van der Waals surface area contributed by atoms with Crippen molar-refractivity contribution in [3.05, 3.63) is 53.5 Å². The van der Waals surface area contributed by atoms with Crippen molar-refractivity contribution in [3.8, 4) is 0 Å². The molecule has 0 N–H and O–H groups in total. The van der Waals surface area contributed by atoms with Crippen LogP contribution in [0, 0.1) is 0 Å². The van der Waals surface area contributed by atoms with E-state index >= 15 is 0 Å². The van der Waals surface area contributed by atoms with Crippen LogP contribution in [0.4, 0.5) is 0 Å². The summed E-state index contributed by atoms with van der Waals surface area (Å²) in [5.41, 5.74) is 4.13. The Labute approximate surface area is 128 Å². The molecule has 1 aromatic carbocycles. The average Bonchev–Trinajstić information content (AvgIpc) is 2.79. The van der Waals surface area contributed by atoms with Crippen molar-refractivity contribution < 1.29 is 0 Å². The van der Waals surface area contributed by atoms with Crippen LogP contribution in [0.1, 0.15) is 45.1 Å². The monoisotopic (exact) mass is 282 g/mol. The summed E-state index contributed by atoms with van der Waals surface area (Å²) in [5.74, 6) is 1.45. The molecule has 2 heteroatoms. The standard InChI is InChI=1S/C19H26N2/c1-16(18-10-5-3-6-11-18)17(2)21-15-9-14-20-13-8-4-7-12-19(20)21/h3,5-6,10-12H,4,7-9,13-15H2,1-2H3/b17-16+. The Morgan fingerprint density at radius 3 is 2.48 bits per heavy atom. The Bertz CT molecular complexity index is 542. The highest BCUT2D eigenvalue weighted by Gasteiger charge is 2.24. The Morgan fingerprint density at radius 1 is 0.905 bits per heavy atom. The van der Waals surface area contributed by atoms with E-state index in [1.165, 1.54) is 61.4 Å². The summed E-state index contributed by atoms with van der Waals surface area (Å²) < 4.78 is 0. The smallest absolute Gasteiger partial charge is 0.104 e. The van der Waals surface area contributed by atoms with Gasteiger partial charge in [-0.2, -0.15) is 0 Å². The number of rotatable bonds is 2. The summed E-state index contributed by atoms with van der Waals surface area (Å²) in [6.45, 7) is 8.12. The van der Waals surface area contributed by atoms with Gasteiger partial charge >= 0.3 is 0 Å². The van der Waals surface area contributed by atoms with Gasteiger partial charge in [0.1, 0.15) is 5.82 Å². The third kappa shape index (κ3) is 2.99.